The fraction of sp³-hybridized carbons (Fsp3) is 0.500. The largest absolute Gasteiger partial charge is 0.384 e. The van der Waals surface area contributed by atoms with Crippen molar-refractivity contribution < 1.29 is 5.11 Å². The zero-order valence-corrected chi connectivity index (χ0v) is 8.56. The third kappa shape index (κ3) is 2.89. The number of β-amino-alcohol motifs (C(OH)–C–C–N with tert-alkyl or cyclic N) is 1. The average Bonchev–Trinajstić information content (AvgIpc) is 2.22. The molecule has 1 aliphatic rings. The van der Waals surface area contributed by atoms with Crippen LogP contribution in [0.5, 0.6) is 0 Å². The zero-order chi connectivity index (χ0) is 10.7. The van der Waals surface area contributed by atoms with Gasteiger partial charge in [0.1, 0.15) is 12.0 Å². The monoisotopic (exact) mass is 208 g/mol. The summed E-state index contributed by atoms with van der Waals surface area (Å²) in [6.07, 6.45) is 1.37. The van der Waals surface area contributed by atoms with Gasteiger partial charge >= 0.3 is 0 Å². The van der Waals surface area contributed by atoms with E-state index in [1.807, 2.05) is 6.07 Å². The van der Waals surface area contributed by atoms with E-state index in [9.17, 15) is 5.11 Å². The number of nitrogens with zero attached hydrogens (tertiary/aromatic N) is 2. The van der Waals surface area contributed by atoms with Crippen molar-refractivity contribution in [3.05, 3.63) is 23.9 Å². The molecule has 15 heavy (non-hydrogen) atoms. The van der Waals surface area contributed by atoms with E-state index in [4.69, 9.17) is 5.73 Å². The Labute approximate surface area is 88.9 Å². The lowest BCUT2D eigenvalue weighted by molar-refractivity contribution is 0.0510. The summed E-state index contributed by atoms with van der Waals surface area (Å²) in [4.78, 5) is 6.23. The predicted octanol–water partition coefficient (Wildman–Crippen LogP) is -0.613. The minimum absolute atomic E-state index is 0.416. The molecule has 1 aliphatic heterocycles. The third-order valence-corrected chi connectivity index (χ3v) is 2.49. The lowest BCUT2D eigenvalue weighted by atomic mass is 10.2. The third-order valence-electron chi connectivity index (χ3n) is 2.49. The predicted molar refractivity (Wildman–Crippen MR) is 57.9 cm³/mol. The van der Waals surface area contributed by atoms with Gasteiger partial charge in [0, 0.05) is 32.4 Å². The Morgan fingerprint density at radius 2 is 2.47 bits per heavy atom. The van der Waals surface area contributed by atoms with Crippen LogP contribution >= 0.6 is 0 Å². The first-order valence-electron chi connectivity index (χ1n) is 5.08. The molecule has 1 saturated heterocycles. The molecule has 0 amide bonds. The van der Waals surface area contributed by atoms with E-state index in [0.717, 1.165) is 25.2 Å². The number of nitrogens with one attached hydrogen (secondary N) is 1. The van der Waals surface area contributed by atoms with Gasteiger partial charge in [-0.05, 0) is 11.6 Å². The highest BCUT2D eigenvalue weighted by molar-refractivity contribution is 5.29. The van der Waals surface area contributed by atoms with Gasteiger partial charge in [-0.15, -0.1) is 0 Å². The summed E-state index contributed by atoms with van der Waals surface area (Å²) in [6.45, 7) is 3.24. The summed E-state index contributed by atoms with van der Waals surface area (Å²) >= 11 is 0. The normalized spacial score (nSPS) is 22.9. The van der Waals surface area contributed by atoms with Gasteiger partial charge in [-0.1, -0.05) is 6.07 Å². The van der Waals surface area contributed by atoms with Gasteiger partial charge in [-0.25, -0.2) is 4.98 Å². The number of rotatable bonds is 2. The number of nitrogen functional groups attached to an aromatic ring is 1. The van der Waals surface area contributed by atoms with E-state index in [1.165, 1.54) is 0 Å². The van der Waals surface area contributed by atoms with Crippen LogP contribution in [0.1, 0.15) is 5.56 Å². The van der Waals surface area contributed by atoms with E-state index >= 15 is 0 Å². The maximum Gasteiger partial charge on any atom is 0.123 e. The van der Waals surface area contributed by atoms with Gasteiger partial charge in [-0.2, -0.15) is 0 Å². The number of pyridine rings is 1. The number of nitrogens with two attached hydrogens (primary N) is 1. The summed E-state index contributed by atoms with van der Waals surface area (Å²) in [7, 11) is 0. The van der Waals surface area contributed by atoms with Gasteiger partial charge in [0.2, 0.25) is 0 Å². The SMILES string of the molecule is Nc1ccc(CN2CCNC(O)C2)cn1. The van der Waals surface area contributed by atoms with Crippen molar-refractivity contribution in [3.8, 4) is 0 Å². The lowest BCUT2D eigenvalue weighted by Gasteiger charge is -2.30. The van der Waals surface area contributed by atoms with Crippen molar-refractivity contribution in [2.24, 2.45) is 0 Å². The second-order valence-electron chi connectivity index (χ2n) is 3.80. The van der Waals surface area contributed by atoms with E-state index in [-0.39, 0.29) is 0 Å². The molecule has 1 fully saturated rings. The molecular formula is C10H16N4O. The molecule has 4 N–H and O–H groups in total. The molecule has 1 atom stereocenters. The quantitative estimate of drug-likeness (QED) is 0.604. The van der Waals surface area contributed by atoms with E-state index in [2.05, 4.69) is 15.2 Å². The number of hydrogen-bond donors (Lipinski definition) is 3. The highest BCUT2D eigenvalue weighted by atomic mass is 16.3. The summed E-state index contributed by atoms with van der Waals surface area (Å²) < 4.78 is 0. The molecule has 5 heteroatoms. The van der Waals surface area contributed by atoms with Gasteiger partial charge in [0.15, 0.2) is 0 Å². The van der Waals surface area contributed by atoms with Gasteiger partial charge < -0.3 is 10.8 Å². The Morgan fingerprint density at radius 1 is 1.60 bits per heavy atom. The van der Waals surface area contributed by atoms with Gasteiger partial charge in [0.25, 0.3) is 0 Å². The molecule has 0 spiro atoms. The molecule has 0 radical (unpaired) electrons. The molecule has 82 valence electrons. The van der Waals surface area contributed by atoms with Crippen molar-refractivity contribution in [3.63, 3.8) is 0 Å². The summed E-state index contributed by atoms with van der Waals surface area (Å²) in [5.41, 5.74) is 6.63. The Hall–Kier alpha value is -1.17. The molecule has 0 saturated carbocycles. The molecular weight excluding hydrogens is 192 g/mol. The van der Waals surface area contributed by atoms with Crippen molar-refractivity contribution in [1.82, 2.24) is 15.2 Å². The molecule has 0 aromatic carbocycles. The Balaban J connectivity index is 1.93. The smallest absolute Gasteiger partial charge is 0.123 e. The van der Waals surface area contributed by atoms with Crippen LogP contribution in [0.15, 0.2) is 18.3 Å². The maximum atomic E-state index is 9.41. The first kappa shape index (κ1) is 10.4. The Morgan fingerprint density at radius 3 is 3.13 bits per heavy atom. The summed E-state index contributed by atoms with van der Waals surface area (Å²) in [5.74, 6) is 0.541. The molecule has 2 heterocycles. The van der Waals surface area contributed by atoms with Crippen molar-refractivity contribution in [2.75, 3.05) is 25.4 Å². The van der Waals surface area contributed by atoms with Crippen LogP contribution in [0.4, 0.5) is 5.82 Å². The number of hydrogen-bond acceptors (Lipinski definition) is 5. The van der Waals surface area contributed by atoms with E-state index < -0.39 is 6.23 Å². The van der Waals surface area contributed by atoms with Crippen molar-refractivity contribution in [2.45, 2.75) is 12.8 Å². The fourth-order valence-electron chi connectivity index (χ4n) is 1.72. The van der Waals surface area contributed by atoms with Gasteiger partial charge in [0.05, 0.1) is 0 Å². The number of piperazine rings is 1. The Kier molecular flexibility index (Phi) is 3.15. The van der Waals surface area contributed by atoms with E-state index in [1.54, 1.807) is 12.3 Å². The van der Waals surface area contributed by atoms with Crippen LogP contribution in [0.25, 0.3) is 0 Å². The second kappa shape index (κ2) is 4.57. The highest BCUT2D eigenvalue weighted by Gasteiger charge is 2.16. The van der Waals surface area contributed by atoms with E-state index in [0.29, 0.717) is 12.4 Å². The first-order chi connectivity index (χ1) is 7.24. The number of aliphatic hydroxyl groups excluding tert-OH is 1. The molecule has 1 unspecified atom stereocenters. The van der Waals surface area contributed by atoms with Crippen molar-refractivity contribution >= 4 is 5.82 Å². The second-order valence-corrected chi connectivity index (χ2v) is 3.80. The van der Waals surface area contributed by atoms with Gasteiger partial charge in [-0.3, -0.25) is 10.2 Å². The van der Waals surface area contributed by atoms with Crippen molar-refractivity contribution in [1.29, 1.82) is 0 Å². The Bertz CT molecular complexity index is 314. The van der Waals surface area contributed by atoms with Crippen LogP contribution in [0.3, 0.4) is 0 Å². The van der Waals surface area contributed by atoms with Crippen LogP contribution in [0, 0.1) is 0 Å². The highest BCUT2D eigenvalue weighted by Crippen LogP contribution is 2.07. The molecule has 5 nitrogen and oxygen atoms in total. The summed E-state index contributed by atoms with van der Waals surface area (Å²) in [6, 6.07) is 3.77. The number of aliphatic hydroxyl groups is 1. The molecule has 0 bridgehead atoms. The van der Waals surface area contributed by atoms with Crippen LogP contribution in [-0.4, -0.2) is 40.9 Å². The molecule has 2 rings (SSSR count). The molecule has 0 aliphatic carbocycles. The topological polar surface area (TPSA) is 74.4 Å². The first-order valence-corrected chi connectivity index (χ1v) is 5.08. The minimum atomic E-state index is -0.416. The minimum Gasteiger partial charge on any atom is -0.384 e. The fourth-order valence-corrected chi connectivity index (χ4v) is 1.72. The maximum absolute atomic E-state index is 9.41. The van der Waals surface area contributed by atoms with Crippen LogP contribution < -0.4 is 11.1 Å². The number of aromatic nitrogens is 1. The van der Waals surface area contributed by atoms with Crippen LogP contribution in [0.2, 0.25) is 0 Å². The number of anilines is 1. The zero-order valence-electron chi connectivity index (χ0n) is 8.56. The van der Waals surface area contributed by atoms with Crippen LogP contribution in [-0.2, 0) is 6.54 Å². The molecule has 1 aromatic heterocycles. The summed E-state index contributed by atoms with van der Waals surface area (Å²) in [5, 5.41) is 12.4. The standard InChI is InChI=1S/C10H16N4O/c11-9-2-1-8(5-13-9)6-14-4-3-12-10(15)7-14/h1-2,5,10,12,15H,3-4,6-7H2,(H2,11,13). The lowest BCUT2D eigenvalue weighted by Crippen LogP contribution is -2.50. The molecule has 1 aromatic rings. The average molecular weight is 208 g/mol.